The van der Waals surface area contributed by atoms with Crippen molar-refractivity contribution in [1.82, 2.24) is 24.9 Å². The second-order valence-electron chi connectivity index (χ2n) is 6.71. The molecule has 0 radical (unpaired) electrons. The summed E-state index contributed by atoms with van der Waals surface area (Å²) in [6.45, 7) is 4.30. The van der Waals surface area contributed by atoms with E-state index in [1.165, 1.54) is 18.5 Å². The van der Waals surface area contributed by atoms with E-state index in [4.69, 9.17) is 4.74 Å². The Morgan fingerprint density at radius 2 is 2.17 bits per heavy atom. The van der Waals surface area contributed by atoms with Crippen molar-refractivity contribution >= 4 is 0 Å². The summed E-state index contributed by atoms with van der Waals surface area (Å²) in [5.41, 5.74) is 3.41. The highest BCUT2D eigenvalue weighted by molar-refractivity contribution is 5.20. The molecule has 3 heterocycles. The zero-order valence-electron chi connectivity index (χ0n) is 13.6. The minimum absolute atomic E-state index is 0.334. The lowest BCUT2D eigenvalue weighted by Crippen LogP contribution is -2.36. The molecular weight excluding hydrogens is 290 g/mol. The van der Waals surface area contributed by atoms with Gasteiger partial charge in [-0.1, -0.05) is 11.3 Å². The first-order valence-electron chi connectivity index (χ1n) is 8.38. The van der Waals surface area contributed by atoms with Gasteiger partial charge < -0.3 is 4.74 Å². The molecule has 1 fully saturated rings. The highest BCUT2D eigenvalue weighted by Crippen LogP contribution is 2.31. The SMILES string of the molecule is Cn1nnc2c1C(COCC1CC1)CN(Cc1ccccn1)C2. The molecule has 6 nitrogen and oxygen atoms in total. The maximum absolute atomic E-state index is 5.97. The Hall–Kier alpha value is -1.79. The van der Waals surface area contributed by atoms with Crippen molar-refractivity contribution in [1.29, 1.82) is 0 Å². The van der Waals surface area contributed by atoms with Gasteiger partial charge in [-0.05, 0) is 30.9 Å². The highest BCUT2D eigenvalue weighted by Gasteiger charge is 2.31. The zero-order chi connectivity index (χ0) is 15.6. The van der Waals surface area contributed by atoms with E-state index in [0.29, 0.717) is 5.92 Å². The fraction of sp³-hybridized carbons (Fsp3) is 0.588. The van der Waals surface area contributed by atoms with Crippen LogP contribution in [0.15, 0.2) is 24.4 Å². The van der Waals surface area contributed by atoms with Crippen LogP contribution in [0.1, 0.15) is 35.8 Å². The molecule has 1 saturated carbocycles. The van der Waals surface area contributed by atoms with Crippen LogP contribution in [0.3, 0.4) is 0 Å². The van der Waals surface area contributed by atoms with Crippen LogP contribution in [0.2, 0.25) is 0 Å². The van der Waals surface area contributed by atoms with Crippen molar-refractivity contribution in [2.45, 2.75) is 31.8 Å². The maximum Gasteiger partial charge on any atom is 0.100 e. The molecule has 2 aliphatic rings. The fourth-order valence-electron chi connectivity index (χ4n) is 3.33. The third-order valence-electron chi connectivity index (χ3n) is 4.66. The smallest absolute Gasteiger partial charge is 0.100 e. The maximum atomic E-state index is 5.97. The van der Waals surface area contributed by atoms with Crippen LogP contribution in [0.25, 0.3) is 0 Å². The molecule has 0 bridgehead atoms. The van der Waals surface area contributed by atoms with Gasteiger partial charge in [0.1, 0.15) is 5.69 Å². The van der Waals surface area contributed by atoms with Gasteiger partial charge in [0.25, 0.3) is 0 Å². The van der Waals surface area contributed by atoms with Gasteiger partial charge in [0.05, 0.1) is 18.0 Å². The minimum atomic E-state index is 0.334. The second kappa shape index (κ2) is 6.37. The number of aromatic nitrogens is 4. The predicted octanol–water partition coefficient (Wildman–Crippen LogP) is 1.74. The molecule has 122 valence electrons. The standard InChI is InChI=1S/C17H23N5O/c1-21-17-14(12-23-11-13-5-6-13)8-22(10-16(17)19-20-21)9-15-4-2-3-7-18-15/h2-4,7,13-14H,5-6,8-12H2,1H3. The summed E-state index contributed by atoms with van der Waals surface area (Å²) in [5, 5.41) is 8.56. The number of pyridine rings is 1. The van der Waals surface area contributed by atoms with Crippen molar-refractivity contribution in [3.63, 3.8) is 0 Å². The molecule has 2 aromatic rings. The Morgan fingerprint density at radius 1 is 1.26 bits per heavy atom. The van der Waals surface area contributed by atoms with Crippen molar-refractivity contribution < 1.29 is 4.74 Å². The lowest BCUT2D eigenvalue weighted by Gasteiger charge is -2.31. The first-order chi connectivity index (χ1) is 11.3. The lowest BCUT2D eigenvalue weighted by molar-refractivity contribution is 0.0863. The molecular formula is C17H23N5O. The number of aryl methyl sites for hydroxylation is 1. The van der Waals surface area contributed by atoms with E-state index in [9.17, 15) is 0 Å². The van der Waals surface area contributed by atoms with Gasteiger partial charge in [-0.2, -0.15) is 0 Å². The summed E-state index contributed by atoms with van der Waals surface area (Å²) < 4.78 is 7.88. The largest absolute Gasteiger partial charge is 0.380 e. The zero-order valence-corrected chi connectivity index (χ0v) is 13.6. The number of hydrogen-bond acceptors (Lipinski definition) is 5. The molecule has 23 heavy (non-hydrogen) atoms. The van der Waals surface area contributed by atoms with Crippen LogP contribution in [0, 0.1) is 5.92 Å². The Kier molecular flexibility index (Phi) is 4.10. The molecule has 1 unspecified atom stereocenters. The number of ether oxygens (including phenoxy) is 1. The van der Waals surface area contributed by atoms with Gasteiger partial charge in [0, 0.05) is 45.4 Å². The molecule has 6 heteroatoms. The van der Waals surface area contributed by atoms with Crippen LogP contribution < -0.4 is 0 Å². The molecule has 1 atom stereocenters. The van der Waals surface area contributed by atoms with E-state index in [1.54, 1.807) is 0 Å². The summed E-state index contributed by atoms with van der Waals surface area (Å²) in [5.74, 6) is 1.13. The first-order valence-corrected chi connectivity index (χ1v) is 8.38. The van der Waals surface area contributed by atoms with E-state index in [1.807, 2.05) is 30.1 Å². The molecule has 1 aliphatic heterocycles. The number of fused-ring (bicyclic) bond motifs is 1. The fourth-order valence-corrected chi connectivity index (χ4v) is 3.33. The summed E-state index contributed by atoms with van der Waals surface area (Å²) in [7, 11) is 1.98. The molecule has 0 aromatic carbocycles. The van der Waals surface area contributed by atoms with Gasteiger partial charge in [0.15, 0.2) is 0 Å². The average Bonchev–Trinajstić information content (AvgIpc) is 3.31. The molecule has 0 saturated heterocycles. The Balaban J connectivity index is 1.46. The number of nitrogens with zero attached hydrogens (tertiary/aromatic N) is 5. The number of hydrogen-bond donors (Lipinski definition) is 0. The van der Waals surface area contributed by atoms with E-state index in [0.717, 1.165) is 50.2 Å². The topological polar surface area (TPSA) is 56.1 Å². The summed E-state index contributed by atoms with van der Waals surface area (Å²) in [6, 6.07) is 6.07. The van der Waals surface area contributed by atoms with Crippen LogP contribution in [0.5, 0.6) is 0 Å². The van der Waals surface area contributed by atoms with Crippen LogP contribution in [-0.4, -0.2) is 44.6 Å². The van der Waals surface area contributed by atoms with E-state index >= 15 is 0 Å². The van der Waals surface area contributed by atoms with Crippen molar-refractivity contribution in [3.05, 3.63) is 41.5 Å². The van der Waals surface area contributed by atoms with Crippen LogP contribution in [-0.2, 0) is 24.9 Å². The Bertz CT molecular complexity index is 652. The molecule has 0 amide bonds. The van der Waals surface area contributed by atoms with Crippen molar-refractivity contribution in [2.24, 2.45) is 13.0 Å². The van der Waals surface area contributed by atoms with Gasteiger partial charge >= 0.3 is 0 Å². The van der Waals surface area contributed by atoms with Gasteiger partial charge in [-0.15, -0.1) is 5.10 Å². The molecule has 1 aliphatic carbocycles. The predicted molar refractivity (Wildman–Crippen MR) is 85.6 cm³/mol. The van der Waals surface area contributed by atoms with Gasteiger partial charge in [0.2, 0.25) is 0 Å². The van der Waals surface area contributed by atoms with Crippen LogP contribution in [0.4, 0.5) is 0 Å². The summed E-state index contributed by atoms with van der Waals surface area (Å²) >= 11 is 0. The number of rotatable bonds is 6. The monoisotopic (exact) mass is 313 g/mol. The van der Waals surface area contributed by atoms with E-state index < -0.39 is 0 Å². The van der Waals surface area contributed by atoms with Crippen molar-refractivity contribution in [3.8, 4) is 0 Å². The summed E-state index contributed by atoms with van der Waals surface area (Å²) in [4.78, 5) is 6.83. The average molecular weight is 313 g/mol. The minimum Gasteiger partial charge on any atom is -0.380 e. The third-order valence-corrected chi connectivity index (χ3v) is 4.66. The Morgan fingerprint density at radius 3 is 2.96 bits per heavy atom. The molecule has 2 aromatic heterocycles. The van der Waals surface area contributed by atoms with Crippen LogP contribution >= 0.6 is 0 Å². The van der Waals surface area contributed by atoms with E-state index in [-0.39, 0.29) is 0 Å². The van der Waals surface area contributed by atoms with Gasteiger partial charge in [-0.25, -0.2) is 0 Å². The summed E-state index contributed by atoms with van der Waals surface area (Å²) in [6.07, 6.45) is 4.51. The van der Waals surface area contributed by atoms with Crippen molar-refractivity contribution in [2.75, 3.05) is 19.8 Å². The normalized spacial score (nSPS) is 21.3. The van der Waals surface area contributed by atoms with Gasteiger partial charge in [-0.3, -0.25) is 14.6 Å². The third kappa shape index (κ3) is 3.43. The lowest BCUT2D eigenvalue weighted by atomic mass is 9.99. The first kappa shape index (κ1) is 14.8. The molecule has 0 spiro atoms. The van der Waals surface area contributed by atoms with E-state index in [2.05, 4.69) is 26.3 Å². The second-order valence-corrected chi connectivity index (χ2v) is 6.71. The quantitative estimate of drug-likeness (QED) is 0.813. The Labute approximate surface area is 136 Å². The molecule has 4 rings (SSSR count). The highest BCUT2D eigenvalue weighted by atomic mass is 16.5. The molecule has 0 N–H and O–H groups in total.